The third kappa shape index (κ3) is 8.17. The van der Waals surface area contributed by atoms with Crippen molar-refractivity contribution in [3.05, 3.63) is 11.6 Å². The van der Waals surface area contributed by atoms with Crippen LogP contribution in [0.1, 0.15) is 99.3 Å². The Labute approximate surface area is 364 Å². The fourth-order valence-electron chi connectivity index (χ4n) is 13.5. The molecule has 7 fully saturated rings. The van der Waals surface area contributed by atoms with Crippen LogP contribution in [0, 0.1) is 46.3 Å². The molecule has 4 aliphatic heterocycles. The second-order valence-corrected chi connectivity index (χ2v) is 21.0. The number of hydrogen-bond acceptors (Lipinski definition) is 17. The van der Waals surface area contributed by atoms with E-state index in [9.17, 15) is 51.1 Å². The summed E-state index contributed by atoms with van der Waals surface area (Å²) in [6, 6.07) is 0. The fraction of sp³-hybridized carbons (Fsp3) is 0.956. The molecule has 4 heterocycles. The summed E-state index contributed by atoms with van der Waals surface area (Å²) in [5.74, 6) is 0.319. The van der Waals surface area contributed by atoms with Gasteiger partial charge in [0.2, 0.25) is 0 Å². The zero-order chi connectivity index (χ0) is 44.8. The van der Waals surface area contributed by atoms with E-state index in [1.54, 1.807) is 6.92 Å². The quantitative estimate of drug-likeness (QED) is 0.124. The number of aliphatic hydroxyl groups excluding tert-OH is 9. The zero-order valence-electron chi connectivity index (χ0n) is 37.0. The van der Waals surface area contributed by atoms with Gasteiger partial charge in [0.05, 0.1) is 37.6 Å². The molecular weight excluding hydrogens is 812 g/mol. The Morgan fingerprint density at radius 1 is 0.758 bits per heavy atom. The van der Waals surface area contributed by atoms with Crippen LogP contribution < -0.4 is 0 Å². The Balaban J connectivity index is 0.855. The lowest BCUT2D eigenvalue weighted by molar-refractivity contribution is -0.360. The third-order valence-corrected chi connectivity index (χ3v) is 17.3. The van der Waals surface area contributed by atoms with Crippen molar-refractivity contribution >= 4 is 0 Å². The molecule has 8 aliphatic rings. The van der Waals surface area contributed by atoms with Crippen molar-refractivity contribution in [1.82, 2.24) is 0 Å². The summed E-state index contributed by atoms with van der Waals surface area (Å²) in [7, 11) is 0. The zero-order valence-corrected chi connectivity index (χ0v) is 37.0. The van der Waals surface area contributed by atoms with Gasteiger partial charge in [0.25, 0.3) is 0 Å². The molecule has 8 rings (SSSR count). The Morgan fingerprint density at radius 3 is 2.06 bits per heavy atom. The summed E-state index contributed by atoms with van der Waals surface area (Å²) >= 11 is 0. The number of hydrogen-bond donors (Lipinski definition) is 10. The Morgan fingerprint density at radius 2 is 1.39 bits per heavy atom. The minimum absolute atomic E-state index is 0.0140. The molecule has 4 aliphatic carbocycles. The molecule has 0 aromatic rings. The third-order valence-electron chi connectivity index (χ3n) is 17.3. The average molecular weight is 887 g/mol. The summed E-state index contributed by atoms with van der Waals surface area (Å²) in [5, 5.41) is 106. The molecule has 0 aromatic heterocycles. The van der Waals surface area contributed by atoms with Crippen LogP contribution in [0.3, 0.4) is 0 Å². The first-order valence-corrected chi connectivity index (χ1v) is 23.3. The monoisotopic (exact) mass is 886 g/mol. The van der Waals surface area contributed by atoms with E-state index in [1.165, 1.54) is 12.5 Å². The molecular formula is C45H74O17. The fourth-order valence-corrected chi connectivity index (χ4v) is 13.5. The Kier molecular flexibility index (Phi) is 13.8. The number of aliphatic hydroxyl groups is 10. The van der Waals surface area contributed by atoms with Crippen LogP contribution in [0.5, 0.6) is 0 Å². The molecule has 26 atom stereocenters. The lowest BCUT2D eigenvalue weighted by Gasteiger charge is -2.58. The smallest absolute Gasteiger partial charge is 0.187 e. The molecule has 0 spiro atoms. The molecule has 0 radical (unpaired) electrons. The maximum atomic E-state index is 12.0. The highest BCUT2D eigenvalue weighted by molar-refractivity contribution is 5.26. The summed E-state index contributed by atoms with van der Waals surface area (Å²) in [5.41, 5.74) is 1.32. The highest BCUT2D eigenvalue weighted by Crippen LogP contribution is 2.70. The predicted octanol–water partition coefficient (Wildman–Crippen LogP) is 0.196. The van der Waals surface area contributed by atoms with Crippen LogP contribution in [-0.4, -0.2) is 174 Å². The first kappa shape index (κ1) is 47.5. The maximum Gasteiger partial charge on any atom is 0.187 e. The van der Waals surface area contributed by atoms with E-state index in [0.29, 0.717) is 43.4 Å². The first-order chi connectivity index (χ1) is 29.2. The van der Waals surface area contributed by atoms with Crippen LogP contribution in [0.2, 0.25) is 0 Å². The van der Waals surface area contributed by atoms with Gasteiger partial charge in [0.1, 0.15) is 61.0 Å². The highest BCUT2D eigenvalue weighted by Gasteiger charge is 2.68. The average Bonchev–Trinajstić information content (AvgIpc) is 3.68. The van der Waals surface area contributed by atoms with Gasteiger partial charge in [-0.05, 0) is 106 Å². The van der Waals surface area contributed by atoms with E-state index in [1.807, 2.05) is 6.92 Å². The van der Waals surface area contributed by atoms with Crippen molar-refractivity contribution in [2.24, 2.45) is 46.3 Å². The van der Waals surface area contributed by atoms with Gasteiger partial charge in [-0.15, -0.1) is 0 Å². The van der Waals surface area contributed by atoms with Crippen LogP contribution >= 0.6 is 0 Å². The van der Waals surface area contributed by atoms with Crippen molar-refractivity contribution in [2.45, 2.75) is 209 Å². The molecule has 0 bridgehead atoms. The van der Waals surface area contributed by atoms with Gasteiger partial charge in [0.15, 0.2) is 24.7 Å². The largest absolute Gasteiger partial charge is 0.394 e. The van der Waals surface area contributed by atoms with E-state index in [2.05, 4.69) is 26.8 Å². The van der Waals surface area contributed by atoms with E-state index < -0.39 is 105 Å². The first-order valence-electron chi connectivity index (χ1n) is 23.3. The van der Waals surface area contributed by atoms with Crippen molar-refractivity contribution in [2.75, 3.05) is 13.2 Å². The lowest BCUT2D eigenvalue weighted by Crippen LogP contribution is -2.64. The number of ether oxygens (including phenoxy) is 7. The molecule has 17 heteroatoms. The maximum absolute atomic E-state index is 12.0. The molecule has 62 heavy (non-hydrogen) atoms. The predicted molar refractivity (Wildman–Crippen MR) is 216 cm³/mol. The summed E-state index contributed by atoms with van der Waals surface area (Å²) in [6.45, 7) is 11.7. The van der Waals surface area contributed by atoms with Crippen molar-refractivity contribution in [3.63, 3.8) is 0 Å². The number of allylic oxidation sites excluding steroid dienone is 1. The second-order valence-electron chi connectivity index (χ2n) is 21.0. The van der Waals surface area contributed by atoms with Gasteiger partial charge in [0, 0.05) is 12.3 Å². The minimum Gasteiger partial charge on any atom is -0.394 e. The number of fused-ring (bicyclic) bond motifs is 7. The van der Waals surface area contributed by atoms with Gasteiger partial charge in [-0.2, -0.15) is 0 Å². The van der Waals surface area contributed by atoms with E-state index >= 15 is 0 Å². The summed E-state index contributed by atoms with van der Waals surface area (Å²) < 4.78 is 41.8. The SMILES string of the molecule is C[C@H](CC[C@@]1(O)O[C@@H]2C[C@@H]3[C@@H]4CC=C5C[C@@H](O[C@@H]6O[C@H](CO)[C@@H](O[C@@H]7O[C@@H](C)[C@H](O)[C@@H](O)[C@H]7O)[C@H](O)[C@H]6O)CC[C@]5(C)[C@@H]4CC[C@]3(C)[C@H]2[C@@H]1C)CO[C@@H]1O[C@@H](C)[C@H](O)[C@@H](O)[C@H]1O. The molecule has 0 amide bonds. The summed E-state index contributed by atoms with van der Waals surface area (Å²) in [6.07, 6.45) is -9.97. The van der Waals surface area contributed by atoms with Gasteiger partial charge in [-0.25, -0.2) is 0 Å². The van der Waals surface area contributed by atoms with Crippen LogP contribution in [0.25, 0.3) is 0 Å². The van der Waals surface area contributed by atoms with Gasteiger partial charge < -0.3 is 84.2 Å². The number of rotatable bonds is 11. The molecule has 0 aromatic carbocycles. The van der Waals surface area contributed by atoms with E-state index in [-0.39, 0.29) is 47.4 Å². The Bertz CT molecular complexity index is 1590. The Hall–Kier alpha value is -0.940. The molecule has 356 valence electrons. The standard InChI is InChI=1S/C45H74O17/c1-19(18-56-40-36(52)33(49)31(47)21(3)57-40)9-14-45(55)20(2)30-28(62-45)16-27-25-8-7-23-15-24(10-12-43(23,5)26(25)11-13-44(27,30)6)59-42-38(54)35(51)39(29(17-46)60-42)61-41-37(53)34(50)32(48)22(4)58-41/h7,19-22,24-42,46-55H,8-18H2,1-6H3/t19-,20+,21+,22+,24+,25-,26-,27-,28-,29-,30+,31+,32+,33-,34-,35-,36-,37-,38-,39-,40-,41+,42-,43+,44+,45-/m1/s1. The van der Waals surface area contributed by atoms with Gasteiger partial charge >= 0.3 is 0 Å². The minimum atomic E-state index is -1.64. The van der Waals surface area contributed by atoms with E-state index in [0.717, 1.165) is 32.1 Å². The van der Waals surface area contributed by atoms with E-state index in [4.69, 9.17) is 33.2 Å². The second kappa shape index (κ2) is 17.9. The van der Waals surface area contributed by atoms with Gasteiger partial charge in [-0.1, -0.05) is 39.3 Å². The molecule has 10 N–H and O–H groups in total. The van der Waals surface area contributed by atoms with Crippen LogP contribution in [0.4, 0.5) is 0 Å². The van der Waals surface area contributed by atoms with Crippen LogP contribution in [-0.2, 0) is 33.2 Å². The summed E-state index contributed by atoms with van der Waals surface area (Å²) in [4.78, 5) is 0. The molecule has 0 unspecified atom stereocenters. The van der Waals surface area contributed by atoms with Crippen molar-refractivity contribution in [3.8, 4) is 0 Å². The van der Waals surface area contributed by atoms with Crippen LogP contribution in [0.15, 0.2) is 11.6 Å². The lowest BCUT2D eigenvalue weighted by atomic mass is 9.47. The normalized spacial score (nSPS) is 55.7. The van der Waals surface area contributed by atoms with Crippen molar-refractivity contribution in [1.29, 1.82) is 0 Å². The topological polar surface area (TPSA) is 267 Å². The van der Waals surface area contributed by atoms with Crippen molar-refractivity contribution < 1.29 is 84.2 Å². The molecule has 4 saturated heterocycles. The van der Waals surface area contributed by atoms with Gasteiger partial charge in [-0.3, -0.25) is 0 Å². The molecule has 17 nitrogen and oxygen atoms in total. The highest BCUT2D eigenvalue weighted by atomic mass is 16.7. The molecule has 3 saturated carbocycles.